The fraction of sp³-hybridized carbons (Fsp3) is 0.222. The van der Waals surface area contributed by atoms with Gasteiger partial charge in [-0.25, -0.2) is 0 Å². The summed E-state index contributed by atoms with van der Waals surface area (Å²) in [6, 6.07) is 14.6. The second-order valence-electron chi connectivity index (χ2n) is 5.41. The lowest BCUT2D eigenvalue weighted by Crippen LogP contribution is -2.02. The van der Waals surface area contributed by atoms with E-state index in [0.29, 0.717) is 6.54 Å². The van der Waals surface area contributed by atoms with Crippen LogP contribution in [0.3, 0.4) is 0 Å². The molecule has 1 heterocycles. The van der Waals surface area contributed by atoms with Gasteiger partial charge in [-0.2, -0.15) is 0 Å². The zero-order chi connectivity index (χ0) is 14.8. The number of hydrogen-bond acceptors (Lipinski definition) is 1. The molecule has 0 aliphatic carbocycles. The number of nitrogens with zero attached hydrogens (tertiary/aromatic N) is 1. The minimum absolute atomic E-state index is 0.659. The van der Waals surface area contributed by atoms with Gasteiger partial charge in [0.15, 0.2) is 0 Å². The summed E-state index contributed by atoms with van der Waals surface area (Å²) in [5.41, 5.74) is 10.8. The molecular formula is C18H19ClN2. The lowest BCUT2D eigenvalue weighted by atomic mass is 10.1. The van der Waals surface area contributed by atoms with Crippen molar-refractivity contribution in [2.24, 2.45) is 5.73 Å². The molecule has 0 bridgehead atoms. The zero-order valence-corrected chi connectivity index (χ0v) is 12.9. The van der Waals surface area contributed by atoms with E-state index in [1.165, 1.54) is 27.6 Å². The van der Waals surface area contributed by atoms with Gasteiger partial charge in [0.2, 0.25) is 0 Å². The van der Waals surface area contributed by atoms with Crippen molar-refractivity contribution >= 4 is 22.5 Å². The summed E-state index contributed by atoms with van der Waals surface area (Å²) in [6.07, 6.45) is 3.10. The van der Waals surface area contributed by atoms with Gasteiger partial charge in [0.05, 0.1) is 5.52 Å². The van der Waals surface area contributed by atoms with Gasteiger partial charge in [-0.3, -0.25) is 0 Å². The first kappa shape index (κ1) is 14.2. The Labute approximate surface area is 130 Å². The van der Waals surface area contributed by atoms with Gasteiger partial charge in [0, 0.05) is 23.2 Å². The summed E-state index contributed by atoms with van der Waals surface area (Å²) in [4.78, 5) is 0. The number of rotatable bonds is 4. The molecule has 3 aromatic rings. The first-order chi connectivity index (χ1) is 10.2. The van der Waals surface area contributed by atoms with Crippen molar-refractivity contribution in [3.8, 4) is 0 Å². The number of aromatic nitrogens is 1. The predicted octanol–water partition coefficient (Wildman–Crippen LogP) is 4.15. The summed E-state index contributed by atoms with van der Waals surface area (Å²) in [5.74, 6) is 0. The van der Waals surface area contributed by atoms with Crippen LogP contribution in [0.15, 0.2) is 48.7 Å². The van der Waals surface area contributed by atoms with Gasteiger partial charge in [-0.05, 0) is 48.7 Å². The minimum atomic E-state index is 0.659. The van der Waals surface area contributed by atoms with Crippen LogP contribution in [0.1, 0.15) is 16.7 Å². The highest BCUT2D eigenvalue weighted by Gasteiger charge is 2.09. The molecule has 0 aliphatic rings. The first-order valence-electron chi connectivity index (χ1n) is 7.21. The average molecular weight is 299 g/mol. The average Bonchev–Trinajstić information content (AvgIpc) is 2.79. The van der Waals surface area contributed by atoms with Crippen molar-refractivity contribution in [3.05, 3.63) is 70.4 Å². The molecule has 3 rings (SSSR count). The van der Waals surface area contributed by atoms with Crippen LogP contribution in [0.2, 0.25) is 5.02 Å². The van der Waals surface area contributed by atoms with Crippen LogP contribution < -0.4 is 5.73 Å². The maximum absolute atomic E-state index is 6.17. The van der Waals surface area contributed by atoms with Crippen molar-refractivity contribution in [1.29, 1.82) is 0 Å². The summed E-state index contributed by atoms with van der Waals surface area (Å²) < 4.78 is 2.27. The van der Waals surface area contributed by atoms with Gasteiger partial charge in [-0.1, -0.05) is 41.9 Å². The van der Waals surface area contributed by atoms with Crippen molar-refractivity contribution in [3.63, 3.8) is 0 Å². The SMILES string of the molecule is Cc1ccccc1Cn1cc(CCN)c2ccc(Cl)cc21. The quantitative estimate of drug-likeness (QED) is 0.770. The summed E-state index contributed by atoms with van der Waals surface area (Å²) in [7, 11) is 0. The molecule has 0 unspecified atom stereocenters. The molecule has 0 spiro atoms. The van der Waals surface area contributed by atoms with Gasteiger partial charge in [0.25, 0.3) is 0 Å². The van der Waals surface area contributed by atoms with Gasteiger partial charge in [0.1, 0.15) is 0 Å². The second-order valence-corrected chi connectivity index (χ2v) is 5.85. The van der Waals surface area contributed by atoms with E-state index in [9.17, 15) is 0 Å². The van der Waals surface area contributed by atoms with Crippen LogP contribution in [-0.2, 0) is 13.0 Å². The predicted molar refractivity (Wildman–Crippen MR) is 90.0 cm³/mol. The van der Waals surface area contributed by atoms with Crippen LogP contribution >= 0.6 is 11.6 Å². The van der Waals surface area contributed by atoms with E-state index in [1.54, 1.807) is 0 Å². The zero-order valence-electron chi connectivity index (χ0n) is 12.1. The number of benzene rings is 2. The van der Waals surface area contributed by atoms with Crippen LogP contribution in [0.4, 0.5) is 0 Å². The molecule has 108 valence electrons. The van der Waals surface area contributed by atoms with E-state index in [-0.39, 0.29) is 0 Å². The van der Waals surface area contributed by atoms with Gasteiger partial charge in [-0.15, -0.1) is 0 Å². The standard InChI is InChI=1S/C18H19ClN2/c1-13-4-2-3-5-14(13)11-21-12-15(8-9-20)17-7-6-16(19)10-18(17)21/h2-7,10,12H,8-9,11,20H2,1H3. The van der Waals surface area contributed by atoms with Gasteiger partial charge >= 0.3 is 0 Å². The van der Waals surface area contributed by atoms with Crippen molar-refractivity contribution in [1.82, 2.24) is 4.57 Å². The number of hydrogen-bond donors (Lipinski definition) is 1. The maximum Gasteiger partial charge on any atom is 0.0501 e. The third-order valence-corrected chi connectivity index (χ3v) is 4.18. The third kappa shape index (κ3) is 2.82. The van der Waals surface area contributed by atoms with E-state index in [1.807, 2.05) is 12.1 Å². The number of aryl methyl sites for hydroxylation is 1. The third-order valence-electron chi connectivity index (χ3n) is 3.94. The molecule has 1 aromatic heterocycles. The monoisotopic (exact) mass is 298 g/mol. The maximum atomic E-state index is 6.17. The summed E-state index contributed by atoms with van der Waals surface area (Å²) >= 11 is 6.17. The van der Waals surface area contributed by atoms with E-state index in [2.05, 4.69) is 48.0 Å². The lowest BCUT2D eigenvalue weighted by Gasteiger charge is -2.08. The molecule has 2 aromatic carbocycles. The van der Waals surface area contributed by atoms with Crippen molar-refractivity contribution in [2.75, 3.05) is 6.54 Å². The molecule has 0 aliphatic heterocycles. The topological polar surface area (TPSA) is 30.9 Å². The molecule has 0 atom stereocenters. The highest BCUT2D eigenvalue weighted by Crippen LogP contribution is 2.26. The molecule has 2 N–H and O–H groups in total. The Morgan fingerprint density at radius 1 is 1.10 bits per heavy atom. The lowest BCUT2D eigenvalue weighted by molar-refractivity contribution is 0.821. The Balaban J connectivity index is 2.09. The fourth-order valence-electron chi connectivity index (χ4n) is 2.80. The molecule has 0 saturated heterocycles. The number of halogens is 1. The summed E-state index contributed by atoms with van der Waals surface area (Å²) in [5, 5.41) is 2.02. The number of nitrogens with two attached hydrogens (primary N) is 1. The Morgan fingerprint density at radius 2 is 1.90 bits per heavy atom. The molecule has 0 saturated carbocycles. The molecule has 2 nitrogen and oxygen atoms in total. The molecule has 0 fully saturated rings. The normalized spacial score (nSPS) is 11.2. The Bertz CT molecular complexity index is 774. The van der Waals surface area contributed by atoms with E-state index < -0.39 is 0 Å². The first-order valence-corrected chi connectivity index (χ1v) is 7.58. The number of fused-ring (bicyclic) bond motifs is 1. The van der Waals surface area contributed by atoms with Crippen LogP contribution in [0.5, 0.6) is 0 Å². The Morgan fingerprint density at radius 3 is 2.67 bits per heavy atom. The van der Waals surface area contributed by atoms with Crippen LogP contribution in [0, 0.1) is 6.92 Å². The highest BCUT2D eigenvalue weighted by molar-refractivity contribution is 6.31. The second kappa shape index (κ2) is 5.92. The fourth-order valence-corrected chi connectivity index (χ4v) is 2.96. The Kier molecular flexibility index (Phi) is 4.00. The summed E-state index contributed by atoms with van der Waals surface area (Å²) in [6.45, 7) is 3.66. The van der Waals surface area contributed by atoms with Gasteiger partial charge < -0.3 is 10.3 Å². The van der Waals surface area contributed by atoms with E-state index >= 15 is 0 Å². The smallest absolute Gasteiger partial charge is 0.0501 e. The molecule has 21 heavy (non-hydrogen) atoms. The molecular weight excluding hydrogens is 280 g/mol. The minimum Gasteiger partial charge on any atom is -0.343 e. The molecule has 3 heteroatoms. The van der Waals surface area contributed by atoms with Crippen LogP contribution in [0.25, 0.3) is 10.9 Å². The molecule has 0 radical (unpaired) electrons. The van der Waals surface area contributed by atoms with E-state index in [4.69, 9.17) is 17.3 Å². The van der Waals surface area contributed by atoms with E-state index in [0.717, 1.165) is 18.0 Å². The largest absolute Gasteiger partial charge is 0.343 e. The van der Waals surface area contributed by atoms with Crippen LogP contribution in [-0.4, -0.2) is 11.1 Å². The van der Waals surface area contributed by atoms with Crippen molar-refractivity contribution in [2.45, 2.75) is 19.9 Å². The van der Waals surface area contributed by atoms with Crippen molar-refractivity contribution < 1.29 is 0 Å². The Hall–Kier alpha value is -1.77. The molecule has 0 amide bonds. The highest BCUT2D eigenvalue weighted by atomic mass is 35.5.